The molecule has 6 heteroatoms. The molecule has 1 aromatic carbocycles. The first-order valence-corrected chi connectivity index (χ1v) is 8.26. The molecule has 2 amide bonds. The first-order valence-electron chi connectivity index (χ1n) is 8.26. The lowest BCUT2D eigenvalue weighted by Gasteiger charge is -2.26. The molecule has 1 aliphatic rings. The minimum atomic E-state index is -0.282. The average Bonchev–Trinajstić information content (AvgIpc) is 3.29. The van der Waals surface area contributed by atoms with Gasteiger partial charge in [0, 0.05) is 13.1 Å². The summed E-state index contributed by atoms with van der Waals surface area (Å²) >= 11 is 0. The van der Waals surface area contributed by atoms with Gasteiger partial charge in [0.15, 0.2) is 0 Å². The molecule has 24 heavy (non-hydrogen) atoms. The van der Waals surface area contributed by atoms with Crippen LogP contribution in [0.2, 0.25) is 0 Å². The van der Waals surface area contributed by atoms with Crippen molar-refractivity contribution in [3.63, 3.8) is 0 Å². The number of benzene rings is 1. The second kappa shape index (κ2) is 7.97. The first-order chi connectivity index (χ1) is 11.7. The lowest BCUT2D eigenvalue weighted by Crippen LogP contribution is -2.41. The molecule has 1 aliphatic heterocycles. The predicted molar refractivity (Wildman–Crippen MR) is 88.9 cm³/mol. The van der Waals surface area contributed by atoms with Crippen LogP contribution in [0.4, 0.5) is 9.18 Å². The molecule has 2 heterocycles. The minimum Gasteiger partial charge on any atom is -0.468 e. The molecule has 0 spiro atoms. The van der Waals surface area contributed by atoms with Gasteiger partial charge in [-0.15, -0.1) is 0 Å². The molecule has 0 radical (unpaired) electrons. The second-order valence-corrected chi connectivity index (χ2v) is 5.96. The van der Waals surface area contributed by atoms with E-state index in [-0.39, 0.29) is 17.9 Å². The molecule has 2 aromatic rings. The minimum absolute atomic E-state index is 0.0547. The van der Waals surface area contributed by atoms with Crippen LogP contribution in [0.25, 0.3) is 0 Å². The van der Waals surface area contributed by atoms with Crippen molar-refractivity contribution in [3.05, 3.63) is 59.8 Å². The summed E-state index contributed by atoms with van der Waals surface area (Å²) in [6.45, 7) is 2.89. The van der Waals surface area contributed by atoms with Crippen LogP contribution in [0.5, 0.6) is 0 Å². The third kappa shape index (κ3) is 4.35. The van der Waals surface area contributed by atoms with Crippen LogP contribution >= 0.6 is 0 Å². The first kappa shape index (κ1) is 16.5. The Labute approximate surface area is 140 Å². The quantitative estimate of drug-likeness (QED) is 0.855. The Hall–Kier alpha value is -2.34. The summed E-state index contributed by atoms with van der Waals surface area (Å²) in [5.41, 5.74) is 0.855. The molecule has 3 rings (SSSR count). The van der Waals surface area contributed by atoms with Crippen LogP contribution in [0.3, 0.4) is 0 Å². The summed E-state index contributed by atoms with van der Waals surface area (Å²) in [5, 5.41) is 5.69. The molecule has 1 fully saturated rings. The zero-order valence-electron chi connectivity index (χ0n) is 13.5. The molecule has 0 aliphatic carbocycles. The summed E-state index contributed by atoms with van der Waals surface area (Å²) in [6, 6.07) is 9.71. The van der Waals surface area contributed by atoms with Crippen molar-refractivity contribution in [2.45, 2.75) is 25.4 Å². The molecule has 1 atom stereocenters. The number of hydrogen-bond acceptors (Lipinski definition) is 3. The van der Waals surface area contributed by atoms with E-state index in [0.717, 1.165) is 24.4 Å². The van der Waals surface area contributed by atoms with Gasteiger partial charge in [0.1, 0.15) is 11.6 Å². The molecule has 0 bridgehead atoms. The molecule has 0 unspecified atom stereocenters. The fourth-order valence-electron chi connectivity index (χ4n) is 2.98. The zero-order chi connectivity index (χ0) is 16.8. The highest BCUT2D eigenvalue weighted by atomic mass is 19.1. The lowest BCUT2D eigenvalue weighted by atomic mass is 10.2. The highest BCUT2D eigenvalue weighted by Crippen LogP contribution is 2.24. The number of carbonyl (C=O) groups is 1. The topological polar surface area (TPSA) is 57.5 Å². The van der Waals surface area contributed by atoms with E-state index >= 15 is 0 Å². The van der Waals surface area contributed by atoms with Gasteiger partial charge < -0.3 is 15.1 Å². The van der Waals surface area contributed by atoms with Gasteiger partial charge in [0.2, 0.25) is 0 Å². The Bertz CT molecular complexity index is 637. The molecule has 2 N–H and O–H groups in total. The molecule has 0 saturated carbocycles. The van der Waals surface area contributed by atoms with Crippen molar-refractivity contribution in [1.29, 1.82) is 0 Å². The molecule has 5 nitrogen and oxygen atoms in total. The monoisotopic (exact) mass is 331 g/mol. The Morgan fingerprint density at radius 1 is 1.17 bits per heavy atom. The van der Waals surface area contributed by atoms with Crippen molar-refractivity contribution >= 4 is 6.03 Å². The summed E-state index contributed by atoms with van der Waals surface area (Å²) in [5.74, 6) is 0.589. The number of rotatable bonds is 6. The third-order valence-corrected chi connectivity index (χ3v) is 4.28. The van der Waals surface area contributed by atoms with E-state index in [4.69, 9.17) is 4.42 Å². The van der Waals surface area contributed by atoms with Gasteiger partial charge in [-0.3, -0.25) is 4.90 Å². The Kier molecular flexibility index (Phi) is 5.48. The van der Waals surface area contributed by atoms with E-state index in [9.17, 15) is 9.18 Å². The molecule has 1 aromatic heterocycles. The summed E-state index contributed by atoms with van der Waals surface area (Å²) in [6.07, 6.45) is 4.01. The van der Waals surface area contributed by atoms with Gasteiger partial charge in [-0.1, -0.05) is 12.1 Å². The average molecular weight is 331 g/mol. The highest BCUT2D eigenvalue weighted by molar-refractivity contribution is 5.73. The number of urea groups is 1. The summed E-state index contributed by atoms with van der Waals surface area (Å²) < 4.78 is 18.4. The van der Waals surface area contributed by atoms with Crippen LogP contribution in [0.1, 0.15) is 30.2 Å². The van der Waals surface area contributed by atoms with E-state index in [2.05, 4.69) is 15.5 Å². The predicted octanol–water partition coefficient (Wildman–Crippen LogP) is 3.06. The van der Waals surface area contributed by atoms with E-state index in [1.54, 1.807) is 18.4 Å². The van der Waals surface area contributed by atoms with Gasteiger partial charge >= 0.3 is 6.03 Å². The Morgan fingerprint density at radius 3 is 2.58 bits per heavy atom. The summed E-state index contributed by atoms with van der Waals surface area (Å²) in [7, 11) is 0. The number of hydrogen-bond donors (Lipinski definition) is 2. The largest absolute Gasteiger partial charge is 0.468 e. The maximum absolute atomic E-state index is 12.9. The Balaban J connectivity index is 1.50. The number of likely N-dealkylation sites (tertiary alicyclic amines) is 1. The molecular weight excluding hydrogens is 309 g/mol. The smallest absolute Gasteiger partial charge is 0.315 e. The Morgan fingerprint density at radius 2 is 1.92 bits per heavy atom. The number of nitrogens with one attached hydrogen (secondary N) is 2. The number of nitrogens with zero attached hydrogens (tertiary/aromatic N) is 1. The van der Waals surface area contributed by atoms with Gasteiger partial charge in [0.05, 0.1) is 12.3 Å². The lowest BCUT2D eigenvalue weighted by molar-refractivity contribution is 0.203. The van der Waals surface area contributed by atoms with Gasteiger partial charge in [-0.2, -0.15) is 0 Å². The second-order valence-electron chi connectivity index (χ2n) is 5.96. The van der Waals surface area contributed by atoms with Crippen molar-refractivity contribution in [3.8, 4) is 0 Å². The summed E-state index contributed by atoms with van der Waals surface area (Å²) in [4.78, 5) is 14.4. The van der Waals surface area contributed by atoms with Crippen LogP contribution in [-0.2, 0) is 6.54 Å². The van der Waals surface area contributed by atoms with Crippen LogP contribution in [0.15, 0.2) is 47.1 Å². The zero-order valence-corrected chi connectivity index (χ0v) is 13.5. The van der Waals surface area contributed by atoms with Gasteiger partial charge in [-0.25, -0.2) is 9.18 Å². The fourth-order valence-corrected chi connectivity index (χ4v) is 2.98. The van der Waals surface area contributed by atoms with E-state index in [1.165, 1.54) is 25.0 Å². The molecule has 128 valence electrons. The number of halogens is 1. The molecule has 1 saturated heterocycles. The maximum Gasteiger partial charge on any atom is 0.315 e. The SMILES string of the molecule is O=C(NCc1ccc(F)cc1)NC[C@@H](c1ccco1)N1CCCC1. The number of carbonyl (C=O) groups excluding carboxylic acids is 1. The van der Waals surface area contributed by atoms with Crippen LogP contribution in [0, 0.1) is 5.82 Å². The number of amides is 2. The van der Waals surface area contributed by atoms with Gasteiger partial charge in [0.25, 0.3) is 0 Å². The van der Waals surface area contributed by atoms with Crippen molar-refractivity contribution < 1.29 is 13.6 Å². The number of furan rings is 1. The van der Waals surface area contributed by atoms with Crippen molar-refractivity contribution in [2.75, 3.05) is 19.6 Å². The van der Waals surface area contributed by atoms with Gasteiger partial charge in [-0.05, 0) is 55.8 Å². The van der Waals surface area contributed by atoms with E-state index in [1.807, 2.05) is 12.1 Å². The third-order valence-electron chi connectivity index (χ3n) is 4.28. The molecular formula is C18H22FN3O2. The van der Waals surface area contributed by atoms with Crippen molar-refractivity contribution in [1.82, 2.24) is 15.5 Å². The van der Waals surface area contributed by atoms with Crippen LogP contribution < -0.4 is 10.6 Å². The van der Waals surface area contributed by atoms with Crippen LogP contribution in [-0.4, -0.2) is 30.6 Å². The normalized spacial score (nSPS) is 16.0. The van der Waals surface area contributed by atoms with E-state index in [0.29, 0.717) is 13.1 Å². The van der Waals surface area contributed by atoms with Crippen molar-refractivity contribution in [2.24, 2.45) is 0 Å². The maximum atomic E-state index is 12.9. The standard InChI is InChI=1S/C18H22FN3O2/c19-15-7-5-14(6-8-15)12-20-18(23)21-13-16(17-4-3-11-24-17)22-9-1-2-10-22/h3-8,11,16H,1-2,9-10,12-13H2,(H2,20,21,23)/t16-/m0/s1. The van der Waals surface area contributed by atoms with E-state index < -0.39 is 0 Å². The fraction of sp³-hybridized carbons (Fsp3) is 0.389. The highest BCUT2D eigenvalue weighted by Gasteiger charge is 2.25.